The number of nitrogens with zero attached hydrogens (tertiary/aromatic N) is 5. The topological polar surface area (TPSA) is 147 Å². The van der Waals surface area contributed by atoms with Crippen LogP contribution < -0.4 is 4.72 Å². The van der Waals surface area contributed by atoms with Gasteiger partial charge in [-0.05, 0) is 12.1 Å². The Morgan fingerprint density at radius 1 is 0.971 bits per heavy atom. The third kappa shape index (κ3) is 4.38. The smallest absolute Gasteiger partial charge is 0.256 e. The molecule has 0 bridgehead atoms. The zero-order chi connectivity index (χ0) is 23.7. The molecule has 0 radical (unpaired) electrons. The van der Waals surface area contributed by atoms with E-state index >= 15 is 0 Å². The number of aromatic hydroxyl groups is 1. The van der Waals surface area contributed by atoms with Gasteiger partial charge in [0.25, 0.3) is 5.88 Å². The van der Waals surface area contributed by atoms with E-state index in [1.165, 1.54) is 18.7 Å². The van der Waals surface area contributed by atoms with Crippen molar-refractivity contribution in [3.63, 3.8) is 0 Å². The van der Waals surface area contributed by atoms with Crippen molar-refractivity contribution in [1.82, 2.24) is 30.1 Å². The van der Waals surface area contributed by atoms with Crippen molar-refractivity contribution in [2.45, 2.75) is 5.75 Å². The molecule has 0 saturated heterocycles. The molecule has 0 atom stereocenters. The fourth-order valence-corrected chi connectivity index (χ4v) is 4.81. The van der Waals surface area contributed by atoms with E-state index < -0.39 is 21.7 Å². The van der Waals surface area contributed by atoms with Crippen LogP contribution in [0.3, 0.4) is 0 Å². The van der Waals surface area contributed by atoms with Gasteiger partial charge in [-0.3, -0.25) is 9.82 Å². The van der Waals surface area contributed by atoms with Crippen molar-refractivity contribution in [3.8, 4) is 28.4 Å². The maximum Gasteiger partial charge on any atom is 0.256 e. The van der Waals surface area contributed by atoms with Gasteiger partial charge in [-0.15, -0.1) is 0 Å². The first-order valence-corrected chi connectivity index (χ1v) is 12.0. The number of benzene rings is 2. The zero-order valence-electron chi connectivity index (χ0n) is 17.3. The minimum absolute atomic E-state index is 0.296. The molecular formula is C22H16ClN7O3S. The molecule has 0 spiro atoms. The van der Waals surface area contributed by atoms with Crippen LogP contribution in [-0.4, -0.2) is 43.7 Å². The predicted octanol–water partition coefficient (Wildman–Crippen LogP) is 3.78. The Hall–Kier alpha value is -4.09. The van der Waals surface area contributed by atoms with E-state index in [1.807, 2.05) is 30.3 Å². The number of hydrogen-bond acceptors (Lipinski definition) is 8. The summed E-state index contributed by atoms with van der Waals surface area (Å²) in [7, 11) is -3.94. The van der Waals surface area contributed by atoms with Gasteiger partial charge in [0.2, 0.25) is 15.8 Å². The molecule has 0 unspecified atom stereocenters. The van der Waals surface area contributed by atoms with Crippen LogP contribution in [0.5, 0.6) is 5.88 Å². The summed E-state index contributed by atoms with van der Waals surface area (Å²) >= 11 is 6.40. The number of sulfonamides is 1. The van der Waals surface area contributed by atoms with E-state index in [9.17, 15) is 13.5 Å². The second kappa shape index (κ2) is 8.69. The highest BCUT2D eigenvalue weighted by molar-refractivity contribution is 7.91. The molecule has 3 aromatic heterocycles. The van der Waals surface area contributed by atoms with Crippen molar-refractivity contribution >= 4 is 38.3 Å². The predicted molar refractivity (Wildman–Crippen MR) is 128 cm³/mol. The molecule has 5 rings (SSSR count). The van der Waals surface area contributed by atoms with E-state index in [2.05, 4.69) is 34.9 Å². The first-order chi connectivity index (χ1) is 16.4. The number of aromatic amines is 1. The molecule has 0 aliphatic rings. The summed E-state index contributed by atoms with van der Waals surface area (Å²) in [5, 5.41) is 18.6. The molecule has 5 aromatic rings. The minimum atomic E-state index is -3.94. The summed E-state index contributed by atoms with van der Waals surface area (Å²) in [4.78, 5) is 16.4. The van der Waals surface area contributed by atoms with Gasteiger partial charge in [-0.2, -0.15) is 5.10 Å². The average Bonchev–Trinajstić information content (AvgIpc) is 3.30. The molecule has 34 heavy (non-hydrogen) atoms. The number of aromatic nitrogens is 6. The molecule has 0 saturated carbocycles. The van der Waals surface area contributed by atoms with Gasteiger partial charge >= 0.3 is 0 Å². The Morgan fingerprint density at radius 3 is 2.47 bits per heavy atom. The van der Waals surface area contributed by atoms with Crippen molar-refractivity contribution in [3.05, 3.63) is 78.0 Å². The van der Waals surface area contributed by atoms with Crippen LogP contribution in [-0.2, 0) is 15.8 Å². The molecule has 3 N–H and O–H groups in total. The molecule has 0 aliphatic heterocycles. The lowest BCUT2D eigenvalue weighted by atomic mass is 10.0. The van der Waals surface area contributed by atoms with Gasteiger partial charge in [0.1, 0.15) is 12.0 Å². The van der Waals surface area contributed by atoms with Gasteiger partial charge in [-0.1, -0.05) is 41.9 Å². The molecule has 0 amide bonds. The first-order valence-electron chi connectivity index (χ1n) is 9.93. The first kappa shape index (κ1) is 21.7. The number of H-pyrrole nitrogens is 1. The average molecular weight is 494 g/mol. The largest absolute Gasteiger partial charge is 0.491 e. The number of hydrogen-bond donors (Lipinski definition) is 3. The van der Waals surface area contributed by atoms with E-state index in [1.54, 1.807) is 18.3 Å². The fraction of sp³-hybridized carbons (Fsp3) is 0.0455. The standard InChI is InChI=1S/C22H16ClN7O3S/c23-17-7-15(6-16-10-26-29-18(16)17)20-19(14-4-2-1-3-5-14)27-21(22(31)28-20)30-34(32,33)11-13-8-24-12-25-9-13/h1-10,12H,11H2,(H,26,29)(H,27,30)(H,28,31). The fourth-order valence-electron chi connectivity index (χ4n) is 3.45. The summed E-state index contributed by atoms with van der Waals surface area (Å²) in [6, 6.07) is 12.6. The normalized spacial score (nSPS) is 11.6. The van der Waals surface area contributed by atoms with Crippen LogP contribution in [0.2, 0.25) is 5.02 Å². The summed E-state index contributed by atoms with van der Waals surface area (Å²) < 4.78 is 27.7. The Morgan fingerprint density at radius 2 is 1.71 bits per heavy atom. The summed E-state index contributed by atoms with van der Waals surface area (Å²) in [5.74, 6) is -1.27. The SMILES string of the molecule is O=S(=O)(Cc1cncnc1)Nc1nc(-c2ccccc2)c(-c2cc(Cl)c3[nH]ncc3c2)nc1O. The van der Waals surface area contributed by atoms with E-state index in [-0.39, 0.29) is 5.82 Å². The van der Waals surface area contributed by atoms with E-state index in [4.69, 9.17) is 11.6 Å². The maximum atomic E-state index is 12.7. The monoisotopic (exact) mass is 493 g/mol. The number of nitrogens with one attached hydrogen (secondary N) is 2. The van der Waals surface area contributed by atoms with Gasteiger partial charge in [0.15, 0.2) is 0 Å². The maximum absolute atomic E-state index is 12.7. The zero-order valence-corrected chi connectivity index (χ0v) is 18.9. The van der Waals surface area contributed by atoms with Crippen LogP contribution in [0.15, 0.2) is 67.4 Å². The molecule has 170 valence electrons. The molecule has 0 fully saturated rings. The van der Waals surface area contributed by atoms with Crippen LogP contribution in [0.4, 0.5) is 5.82 Å². The van der Waals surface area contributed by atoms with Crippen molar-refractivity contribution in [1.29, 1.82) is 0 Å². The second-order valence-electron chi connectivity index (χ2n) is 7.36. The molecule has 0 aliphatic carbocycles. The minimum Gasteiger partial charge on any atom is -0.491 e. The van der Waals surface area contributed by atoms with Gasteiger partial charge in [0.05, 0.1) is 28.2 Å². The van der Waals surface area contributed by atoms with E-state index in [0.717, 1.165) is 5.39 Å². The Bertz CT molecular complexity index is 1590. The van der Waals surface area contributed by atoms with Crippen molar-refractivity contribution in [2.24, 2.45) is 0 Å². The van der Waals surface area contributed by atoms with Gasteiger partial charge in [-0.25, -0.2) is 28.4 Å². The quantitative estimate of drug-likeness (QED) is 0.324. The van der Waals surface area contributed by atoms with Crippen LogP contribution in [0.25, 0.3) is 33.4 Å². The van der Waals surface area contributed by atoms with Crippen molar-refractivity contribution in [2.75, 3.05) is 4.72 Å². The lowest BCUT2D eigenvalue weighted by Gasteiger charge is -2.14. The van der Waals surface area contributed by atoms with E-state index in [0.29, 0.717) is 38.6 Å². The van der Waals surface area contributed by atoms with Crippen LogP contribution in [0, 0.1) is 0 Å². The van der Waals surface area contributed by atoms with Gasteiger partial charge < -0.3 is 5.11 Å². The summed E-state index contributed by atoms with van der Waals surface area (Å²) in [6.07, 6.45) is 5.72. The molecule has 2 aromatic carbocycles. The number of halogens is 1. The Kier molecular flexibility index (Phi) is 5.56. The third-order valence-corrected chi connectivity index (χ3v) is 6.44. The van der Waals surface area contributed by atoms with Crippen molar-refractivity contribution < 1.29 is 13.5 Å². The third-order valence-electron chi connectivity index (χ3n) is 4.92. The van der Waals surface area contributed by atoms with Crippen LogP contribution >= 0.6 is 11.6 Å². The second-order valence-corrected chi connectivity index (χ2v) is 9.49. The summed E-state index contributed by atoms with van der Waals surface area (Å²) in [5.41, 5.74) is 2.98. The van der Waals surface area contributed by atoms with Crippen LogP contribution in [0.1, 0.15) is 5.56 Å². The summed E-state index contributed by atoms with van der Waals surface area (Å²) in [6.45, 7) is 0. The molecule has 3 heterocycles. The number of rotatable bonds is 6. The Balaban J connectivity index is 1.61. The highest BCUT2D eigenvalue weighted by atomic mass is 35.5. The molecule has 12 heteroatoms. The Labute approximate surface area is 198 Å². The van der Waals surface area contributed by atoms with Gasteiger partial charge in [0, 0.05) is 34.5 Å². The molecule has 10 nitrogen and oxygen atoms in total. The molecular weight excluding hydrogens is 478 g/mol. The highest BCUT2D eigenvalue weighted by Gasteiger charge is 2.21. The highest BCUT2D eigenvalue weighted by Crippen LogP contribution is 2.37. The number of fused-ring (bicyclic) bond motifs is 1. The lowest BCUT2D eigenvalue weighted by Crippen LogP contribution is -2.17. The number of anilines is 1. The lowest BCUT2D eigenvalue weighted by molar-refractivity contribution is 0.454.